The maximum Gasteiger partial charge on any atom is 0.222 e. The summed E-state index contributed by atoms with van der Waals surface area (Å²) in [5.74, 6) is 0.645. The van der Waals surface area contributed by atoms with E-state index in [2.05, 4.69) is 129 Å². The second kappa shape index (κ2) is 9.87. The Kier molecular flexibility index (Phi) is 6.81. The molecule has 1 aliphatic rings. The molecular formula is C39H46NS+. The smallest absolute Gasteiger partial charge is 0.200 e. The van der Waals surface area contributed by atoms with E-state index < -0.39 is 0 Å². The molecule has 0 amide bonds. The SMILES string of the molecule is Cc1c2c(c(CC(C)(C)C)c3cc(CC(C)C)ccc13)Sc1cc3cccc(CC(C)(C)C)c3c3cc[n+](C)c-2c13. The number of rotatable bonds is 4. The Bertz CT molecular complexity index is 1840. The Morgan fingerprint density at radius 3 is 2.22 bits per heavy atom. The minimum atomic E-state index is 0.185. The molecule has 2 heteroatoms. The summed E-state index contributed by atoms with van der Waals surface area (Å²) in [7, 11) is 2.24. The van der Waals surface area contributed by atoms with Gasteiger partial charge in [0.15, 0.2) is 6.20 Å². The van der Waals surface area contributed by atoms with E-state index in [4.69, 9.17) is 0 Å². The minimum Gasteiger partial charge on any atom is -0.200 e. The molecule has 6 rings (SSSR count). The summed E-state index contributed by atoms with van der Waals surface area (Å²) < 4.78 is 2.38. The van der Waals surface area contributed by atoms with Crippen LogP contribution in [-0.2, 0) is 26.3 Å². The fraction of sp³-hybridized carbons (Fsp3) is 0.410. The zero-order chi connectivity index (χ0) is 29.4. The van der Waals surface area contributed by atoms with E-state index in [1.807, 2.05) is 11.8 Å². The van der Waals surface area contributed by atoms with Gasteiger partial charge in [0.1, 0.15) is 7.05 Å². The lowest BCUT2D eigenvalue weighted by Crippen LogP contribution is -2.32. The van der Waals surface area contributed by atoms with Crippen molar-refractivity contribution in [1.82, 2.24) is 0 Å². The molecule has 41 heavy (non-hydrogen) atoms. The number of benzene rings is 4. The molecule has 0 fully saturated rings. The Labute approximate surface area is 251 Å². The zero-order valence-electron chi connectivity index (χ0n) is 26.8. The molecule has 0 atom stereocenters. The fourth-order valence-electron chi connectivity index (χ4n) is 7.05. The first-order chi connectivity index (χ1) is 19.2. The third kappa shape index (κ3) is 5.07. The van der Waals surface area contributed by atoms with Gasteiger partial charge in [0, 0.05) is 21.2 Å². The van der Waals surface area contributed by atoms with Gasteiger partial charge in [-0.1, -0.05) is 104 Å². The van der Waals surface area contributed by atoms with Crippen LogP contribution in [0.25, 0.3) is 43.6 Å². The molecule has 212 valence electrons. The third-order valence-corrected chi connectivity index (χ3v) is 9.72. The van der Waals surface area contributed by atoms with Crippen molar-refractivity contribution in [2.45, 2.75) is 91.4 Å². The molecule has 5 aromatic rings. The lowest BCUT2D eigenvalue weighted by molar-refractivity contribution is -0.659. The van der Waals surface area contributed by atoms with Crippen molar-refractivity contribution in [3.8, 4) is 11.3 Å². The van der Waals surface area contributed by atoms with Crippen molar-refractivity contribution in [2.24, 2.45) is 23.8 Å². The minimum absolute atomic E-state index is 0.185. The monoisotopic (exact) mass is 560 g/mol. The van der Waals surface area contributed by atoms with Crippen LogP contribution in [0.1, 0.15) is 77.6 Å². The van der Waals surface area contributed by atoms with Crippen LogP contribution < -0.4 is 4.57 Å². The van der Waals surface area contributed by atoms with Gasteiger partial charge in [0.2, 0.25) is 5.69 Å². The number of hydrogen-bond donors (Lipinski definition) is 0. The number of aromatic nitrogens is 1. The zero-order valence-corrected chi connectivity index (χ0v) is 27.6. The Balaban J connectivity index is 1.73. The van der Waals surface area contributed by atoms with E-state index in [9.17, 15) is 0 Å². The van der Waals surface area contributed by atoms with Crippen molar-refractivity contribution in [3.63, 3.8) is 0 Å². The summed E-state index contributed by atoms with van der Waals surface area (Å²) in [6.45, 7) is 21.2. The average Bonchev–Trinajstić information content (AvgIpc) is 2.85. The van der Waals surface area contributed by atoms with E-state index in [1.165, 1.54) is 75.6 Å². The molecule has 0 saturated heterocycles. The molecule has 1 aromatic heterocycles. The summed E-state index contributed by atoms with van der Waals surface area (Å²) in [5.41, 5.74) is 9.06. The van der Waals surface area contributed by atoms with Crippen LogP contribution in [0.2, 0.25) is 0 Å². The highest BCUT2D eigenvalue weighted by atomic mass is 32.2. The number of aryl methyl sites for hydroxylation is 2. The fourth-order valence-corrected chi connectivity index (χ4v) is 8.42. The van der Waals surface area contributed by atoms with Crippen LogP contribution in [-0.4, -0.2) is 0 Å². The van der Waals surface area contributed by atoms with E-state index in [-0.39, 0.29) is 10.8 Å². The van der Waals surface area contributed by atoms with Crippen molar-refractivity contribution < 1.29 is 4.57 Å². The van der Waals surface area contributed by atoms with Crippen molar-refractivity contribution in [2.75, 3.05) is 0 Å². The summed E-state index contributed by atoms with van der Waals surface area (Å²) in [4.78, 5) is 2.86. The summed E-state index contributed by atoms with van der Waals surface area (Å²) in [6.07, 6.45) is 5.54. The predicted molar refractivity (Wildman–Crippen MR) is 179 cm³/mol. The highest BCUT2D eigenvalue weighted by Gasteiger charge is 2.33. The molecule has 0 bridgehead atoms. The van der Waals surface area contributed by atoms with Gasteiger partial charge >= 0.3 is 0 Å². The largest absolute Gasteiger partial charge is 0.222 e. The average molecular weight is 561 g/mol. The third-order valence-electron chi connectivity index (χ3n) is 8.52. The van der Waals surface area contributed by atoms with Crippen LogP contribution >= 0.6 is 11.8 Å². The van der Waals surface area contributed by atoms with E-state index in [1.54, 1.807) is 0 Å². The van der Waals surface area contributed by atoms with E-state index in [0.29, 0.717) is 5.92 Å². The normalized spacial score (nSPS) is 13.5. The maximum atomic E-state index is 2.51. The highest BCUT2D eigenvalue weighted by molar-refractivity contribution is 8.00. The molecule has 0 radical (unpaired) electrons. The number of pyridine rings is 1. The van der Waals surface area contributed by atoms with Crippen LogP contribution in [0.15, 0.2) is 64.5 Å². The Morgan fingerprint density at radius 1 is 0.805 bits per heavy atom. The molecule has 0 aliphatic carbocycles. The lowest BCUT2D eigenvalue weighted by atomic mass is 9.82. The Hall–Kier alpha value is -2.84. The maximum absolute atomic E-state index is 2.51. The van der Waals surface area contributed by atoms with Crippen molar-refractivity contribution in [1.29, 1.82) is 0 Å². The van der Waals surface area contributed by atoms with Gasteiger partial charge in [-0.2, -0.15) is 0 Å². The first-order valence-electron chi connectivity index (χ1n) is 15.3. The Morgan fingerprint density at radius 2 is 1.54 bits per heavy atom. The molecule has 4 aromatic carbocycles. The summed E-state index contributed by atoms with van der Waals surface area (Å²) in [6, 6.07) is 19.1. The first-order valence-corrected chi connectivity index (χ1v) is 16.2. The van der Waals surface area contributed by atoms with Crippen molar-refractivity contribution >= 4 is 44.1 Å². The van der Waals surface area contributed by atoms with Crippen LogP contribution in [0.4, 0.5) is 0 Å². The molecular weight excluding hydrogens is 515 g/mol. The summed E-state index contributed by atoms with van der Waals surface area (Å²) in [5, 5.41) is 8.46. The van der Waals surface area contributed by atoms with E-state index >= 15 is 0 Å². The predicted octanol–water partition coefficient (Wildman–Crippen LogP) is 10.8. The van der Waals surface area contributed by atoms with Gasteiger partial charge in [-0.25, -0.2) is 4.57 Å². The molecule has 0 spiro atoms. The van der Waals surface area contributed by atoms with Crippen molar-refractivity contribution in [3.05, 3.63) is 77.0 Å². The second-order valence-electron chi connectivity index (χ2n) is 15.3. The molecule has 2 heterocycles. The molecule has 1 aliphatic heterocycles. The lowest BCUT2D eigenvalue weighted by Gasteiger charge is -2.28. The first kappa shape index (κ1) is 28.3. The van der Waals surface area contributed by atoms with Gasteiger partial charge in [-0.05, 0) is 92.8 Å². The van der Waals surface area contributed by atoms with Gasteiger partial charge < -0.3 is 0 Å². The van der Waals surface area contributed by atoms with Gasteiger partial charge in [-0.15, -0.1) is 0 Å². The van der Waals surface area contributed by atoms with Crippen LogP contribution in [0.5, 0.6) is 0 Å². The van der Waals surface area contributed by atoms with Gasteiger partial charge in [0.25, 0.3) is 0 Å². The molecule has 0 unspecified atom stereocenters. The van der Waals surface area contributed by atoms with E-state index in [0.717, 1.165) is 19.3 Å². The number of hydrogen-bond acceptors (Lipinski definition) is 1. The molecule has 1 nitrogen and oxygen atoms in total. The summed E-state index contributed by atoms with van der Waals surface area (Å²) >= 11 is 2.02. The highest BCUT2D eigenvalue weighted by Crippen LogP contribution is 2.54. The van der Waals surface area contributed by atoms with Crippen LogP contribution in [0, 0.1) is 23.7 Å². The number of fused-ring (bicyclic) bond motifs is 5. The van der Waals surface area contributed by atoms with Gasteiger partial charge in [0.05, 0.1) is 10.9 Å². The molecule has 0 saturated carbocycles. The van der Waals surface area contributed by atoms with Crippen LogP contribution in [0.3, 0.4) is 0 Å². The quantitative estimate of drug-likeness (QED) is 0.153. The molecule has 0 N–H and O–H groups in total. The standard InChI is InChI=1S/C39H46NS/c1-23(2)18-25-14-15-28-24(3)33-36-35-29(16-17-40(36)10)34-26(12-11-13-27(34)21-38(4,5)6)20-32(35)41-37(33)31(30(28)19-25)22-39(7,8)9/h11-17,19-20,23H,18,21-22H2,1-10H3/q+1. The topological polar surface area (TPSA) is 3.88 Å². The number of nitrogens with zero attached hydrogens (tertiary/aromatic N) is 1. The second-order valence-corrected chi connectivity index (χ2v) is 16.4. The van der Waals surface area contributed by atoms with Gasteiger partial charge in [-0.3, -0.25) is 0 Å².